The number of likely N-dealkylation sites (tertiary alicyclic amines) is 1. The van der Waals surface area contributed by atoms with Crippen molar-refractivity contribution < 1.29 is 52.6 Å². The van der Waals surface area contributed by atoms with Gasteiger partial charge >= 0.3 is 5.97 Å². The van der Waals surface area contributed by atoms with Crippen LogP contribution in [0.4, 0.5) is 5.69 Å². The van der Waals surface area contributed by atoms with E-state index in [2.05, 4.69) is 16.0 Å². The molecule has 7 amide bonds. The highest BCUT2D eigenvalue weighted by molar-refractivity contribution is 6.12. The van der Waals surface area contributed by atoms with E-state index in [1.54, 1.807) is 29.8 Å². The molecule has 0 radical (unpaired) electrons. The van der Waals surface area contributed by atoms with Gasteiger partial charge in [-0.1, -0.05) is 89.9 Å². The third-order valence-electron chi connectivity index (χ3n) is 14.0. The summed E-state index contributed by atoms with van der Waals surface area (Å²) in [5.74, 6) is -3.56. The van der Waals surface area contributed by atoms with Gasteiger partial charge in [0, 0.05) is 71.6 Å². The summed E-state index contributed by atoms with van der Waals surface area (Å²) < 4.78 is 17.0. The highest BCUT2D eigenvalue weighted by atomic mass is 16.5. The van der Waals surface area contributed by atoms with Crippen molar-refractivity contribution in [3.63, 3.8) is 0 Å². The molecule has 0 aromatic heterocycles. The van der Waals surface area contributed by atoms with Crippen molar-refractivity contribution >= 4 is 53.0 Å². The van der Waals surface area contributed by atoms with Crippen molar-refractivity contribution in [3.8, 4) is 0 Å². The zero-order chi connectivity index (χ0) is 53.1. The molecular weight excluding hydrogens is 923 g/mol. The smallest absolute Gasteiger partial charge is 0.328 e. The minimum absolute atomic E-state index is 0.0408. The maximum Gasteiger partial charge on any atom is 0.328 e. The molecule has 1 saturated heterocycles. The average Bonchev–Trinajstić information content (AvgIpc) is 3.97. The Morgan fingerprint density at radius 3 is 2.14 bits per heavy atom. The molecule has 0 bridgehead atoms. The SMILES string of the molecule is CC[C@H](C)C([C@@H](CC(=O)N1CCC[C@H]1[C@H](OC)[C@@H](C)C(=O)N[C@@H](Cc1ccccc1)C(=O)OC)OC)N(C)C(=O)CNC(=O)C(C(C)C)N(C)Cc1cccc(NC(=O)CCCCCN2C(=O)C=CC2=O)c1. The largest absolute Gasteiger partial charge is 0.467 e. The monoisotopic (exact) mass is 1000 g/mol. The summed E-state index contributed by atoms with van der Waals surface area (Å²) in [6.07, 6.45) is 5.51. The van der Waals surface area contributed by atoms with Crippen LogP contribution in [0, 0.1) is 17.8 Å². The van der Waals surface area contributed by atoms with E-state index in [-0.39, 0.29) is 73.1 Å². The Bertz CT molecular complexity index is 2170. The number of amides is 7. The van der Waals surface area contributed by atoms with Crippen LogP contribution in [0.25, 0.3) is 0 Å². The number of hydrogen-bond acceptors (Lipinski definition) is 12. The fraction of sp³-hybridized carbons (Fsp3) is 0.593. The highest BCUT2D eigenvalue weighted by Crippen LogP contribution is 2.30. The van der Waals surface area contributed by atoms with Gasteiger partial charge < -0.3 is 40.0 Å². The number of imide groups is 1. The molecule has 2 aromatic carbocycles. The number of ether oxygens (including phenoxy) is 3. The molecule has 18 heteroatoms. The van der Waals surface area contributed by atoms with Crippen molar-refractivity contribution in [2.24, 2.45) is 17.8 Å². The second kappa shape index (κ2) is 28.9. The van der Waals surface area contributed by atoms with Crippen molar-refractivity contribution in [3.05, 3.63) is 77.9 Å². The summed E-state index contributed by atoms with van der Waals surface area (Å²) in [4.78, 5) is 111. The molecule has 2 heterocycles. The van der Waals surface area contributed by atoms with Gasteiger partial charge in [0.05, 0.1) is 56.3 Å². The fourth-order valence-electron chi connectivity index (χ4n) is 9.96. The number of anilines is 1. The van der Waals surface area contributed by atoms with Gasteiger partial charge in [-0.2, -0.15) is 0 Å². The van der Waals surface area contributed by atoms with Crippen LogP contribution in [0.1, 0.15) is 97.1 Å². The van der Waals surface area contributed by atoms with Crippen molar-refractivity contribution in [1.29, 1.82) is 0 Å². The molecule has 0 spiro atoms. The van der Waals surface area contributed by atoms with Gasteiger partial charge in [0.25, 0.3) is 11.8 Å². The standard InChI is InChI=1S/C54H79N7O11/c1-11-36(4)50(43(70-8)32-47(65)60-29-19-24-42(60)51(71-9)37(5)52(67)57-41(54(69)72-10)31-38-20-14-12-15-21-38)59(7)48(66)33-55-53(68)49(35(2)3)58(6)34-39-22-18-23-40(30-39)56-44(62)25-16-13-17-28-61-45(63)26-27-46(61)64/h12,14-15,18,20-23,26-27,30,35-37,41-43,49-51H,11,13,16-17,19,24-25,28-29,31-34H2,1-10H3,(H,55,68)(H,56,62)(H,57,67)/t36-,37+,41-,42-,43+,49?,50?,51+/m0/s1. The Balaban J connectivity index is 1.33. The number of nitrogens with zero attached hydrogens (tertiary/aromatic N) is 4. The molecule has 2 aliphatic rings. The van der Waals surface area contributed by atoms with E-state index in [0.717, 1.165) is 11.1 Å². The zero-order valence-corrected chi connectivity index (χ0v) is 44.0. The van der Waals surface area contributed by atoms with E-state index in [1.165, 1.54) is 38.4 Å². The van der Waals surface area contributed by atoms with Crippen molar-refractivity contribution in [2.75, 3.05) is 60.4 Å². The Morgan fingerprint density at radius 2 is 1.51 bits per heavy atom. The lowest BCUT2D eigenvalue weighted by molar-refractivity contribution is -0.148. The first kappa shape index (κ1) is 58.6. The molecule has 0 aliphatic carbocycles. The number of rotatable bonds is 29. The summed E-state index contributed by atoms with van der Waals surface area (Å²) in [7, 11) is 7.81. The first-order valence-electron chi connectivity index (χ1n) is 25.3. The van der Waals surface area contributed by atoms with Crippen LogP contribution in [-0.2, 0) is 65.5 Å². The van der Waals surface area contributed by atoms with Gasteiger partial charge in [0.1, 0.15) is 6.04 Å². The van der Waals surface area contributed by atoms with Crippen LogP contribution in [0.2, 0.25) is 0 Å². The van der Waals surface area contributed by atoms with E-state index < -0.39 is 54.2 Å². The Kier molecular flexibility index (Phi) is 23.5. The first-order valence-corrected chi connectivity index (χ1v) is 25.3. The molecule has 18 nitrogen and oxygen atoms in total. The Hall–Kier alpha value is -5.98. The van der Waals surface area contributed by atoms with Crippen LogP contribution in [0.5, 0.6) is 0 Å². The highest BCUT2D eigenvalue weighted by Gasteiger charge is 2.43. The normalized spacial score (nSPS) is 17.5. The lowest BCUT2D eigenvalue weighted by atomic mass is 9.90. The molecule has 2 aromatic rings. The summed E-state index contributed by atoms with van der Waals surface area (Å²) in [6, 6.07) is 14.3. The van der Waals surface area contributed by atoms with E-state index in [1.807, 2.05) is 88.2 Å². The minimum Gasteiger partial charge on any atom is -0.467 e. The molecule has 0 saturated carbocycles. The molecule has 1 fully saturated rings. The molecule has 8 atom stereocenters. The summed E-state index contributed by atoms with van der Waals surface area (Å²) in [5.41, 5.74) is 2.35. The summed E-state index contributed by atoms with van der Waals surface area (Å²) in [5, 5.41) is 8.67. The Morgan fingerprint density at radius 1 is 0.833 bits per heavy atom. The van der Waals surface area contributed by atoms with Crippen LogP contribution in [0.15, 0.2) is 66.7 Å². The molecule has 72 heavy (non-hydrogen) atoms. The number of carbonyl (C=O) groups excluding carboxylic acids is 8. The van der Waals surface area contributed by atoms with Gasteiger partial charge in [-0.25, -0.2) is 4.79 Å². The molecule has 4 rings (SSSR count). The van der Waals surface area contributed by atoms with E-state index >= 15 is 0 Å². The number of hydrogen-bond donors (Lipinski definition) is 3. The summed E-state index contributed by atoms with van der Waals surface area (Å²) in [6.45, 7) is 10.5. The quantitative estimate of drug-likeness (QED) is 0.0584. The number of nitrogens with one attached hydrogen (secondary N) is 3. The van der Waals surface area contributed by atoms with Gasteiger partial charge in [0.15, 0.2) is 0 Å². The third kappa shape index (κ3) is 16.5. The van der Waals surface area contributed by atoms with Crippen molar-refractivity contribution in [2.45, 2.75) is 135 Å². The van der Waals surface area contributed by atoms with Gasteiger partial charge in [-0.05, 0) is 67.8 Å². The molecule has 2 aliphatic heterocycles. The molecule has 396 valence electrons. The fourth-order valence-corrected chi connectivity index (χ4v) is 9.96. The van der Waals surface area contributed by atoms with Gasteiger partial charge in [-0.15, -0.1) is 0 Å². The molecule has 2 unspecified atom stereocenters. The zero-order valence-electron chi connectivity index (χ0n) is 44.0. The van der Waals surface area contributed by atoms with Crippen LogP contribution < -0.4 is 16.0 Å². The number of likely N-dealkylation sites (N-methyl/N-ethyl adjacent to an activating group) is 2. The second-order valence-electron chi connectivity index (χ2n) is 19.5. The number of unbranched alkanes of at least 4 members (excludes halogenated alkanes) is 2. The predicted octanol–water partition coefficient (Wildman–Crippen LogP) is 4.50. The topological polar surface area (TPSA) is 213 Å². The number of benzene rings is 2. The van der Waals surface area contributed by atoms with Crippen LogP contribution >= 0.6 is 0 Å². The maximum absolute atomic E-state index is 14.3. The minimum atomic E-state index is -0.918. The Labute approximate surface area is 425 Å². The predicted molar refractivity (Wildman–Crippen MR) is 273 cm³/mol. The molecule has 3 N–H and O–H groups in total. The maximum atomic E-state index is 14.3. The lowest BCUT2D eigenvalue weighted by Gasteiger charge is -2.39. The number of methoxy groups -OCH3 is 3. The first-order chi connectivity index (χ1) is 34.3. The van der Waals surface area contributed by atoms with Gasteiger partial charge in [-0.3, -0.25) is 43.4 Å². The van der Waals surface area contributed by atoms with E-state index in [4.69, 9.17) is 14.2 Å². The number of carbonyl (C=O) groups is 8. The van der Waals surface area contributed by atoms with Crippen LogP contribution in [0.3, 0.4) is 0 Å². The number of esters is 1. The van der Waals surface area contributed by atoms with E-state index in [0.29, 0.717) is 63.8 Å². The third-order valence-corrected chi connectivity index (χ3v) is 14.0. The van der Waals surface area contributed by atoms with Crippen molar-refractivity contribution in [1.82, 2.24) is 30.2 Å². The lowest BCUT2D eigenvalue weighted by Crippen LogP contribution is -2.55. The summed E-state index contributed by atoms with van der Waals surface area (Å²) >= 11 is 0. The molecular formula is C54H79N7O11. The second-order valence-corrected chi connectivity index (χ2v) is 19.5. The van der Waals surface area contributed by atoms with Gasteiger partial charge in [0.2, 0.25) is 29.5 Å². The van der Waals surface area contributed by atoms with Crippen LogP contribution in [-0.4, -0.2) is 158 Å². The van der Waals surface area contributed by atoms with E-state index in [9.17, 15) is 38.4 Å². The average molecular weight is 1000 g/mol.